The molecule has 0 saturated heterocycles. The van der Waals surface area contributed by atoms with Crippen molar-refractivity contribution in [1.82, 2.24) is 0 Å². The van der Waals surface area contributed by atoms with Gasteiger partial charge in [0.25, 0.3) is 0 Å². The van der Waals surface area contributed by atoms with Crippen LogP contribution in [-0.4, -0.2) is 0 Å². The molecule has 0 saturated carbocycles. The van der Waals surface area contributed by atoms with Crippen LogP contribution in [0.15, 0.2) is 78.9 Å². The molecule has 0 spiro atoms. The molecule has 0 aliphatic heterocycles. The van der Waals surface area contributed by atoms with Crippen molar-refractivity contribution < 1.29 is 22.0 Å². The van der Waals surface area contributed by atoms with Crippen LogP contribution in [0.2, 0.25) is 0 Å². The van der Waals surface area contributed by atoms with Crippen molar-refractivity contribution in [1.29, 1.82) is 0 Å². The summed E-state index contributed by atoms with van der Waals surface area (Å²) in [7, 11) is 0. The number of hydrogen-bond donors (Lipinski definition) is 0. The van der Waals surface area contributed by atoms with Gasteiger partial charge in [0, 0.05) is 0 Å². The minimum absolute atomic E-state index is 0.0434. The van der Waals surface area contributed by atoms with E-state index in [-0.39, 0.29) is 17.0 Å². The highest BCUT2D eigenvalue weighted by Crippen LogP contribution is 2.34. The number of fused-ring (bicyclic) bond motifs is 1. The minimum atomic E-state index is -4.50. The molecule has 0 heterocycles. The largest absolute Gasteiger partial charge is 0.416 e. The maximum Gasteiger partial charge on any atom is 0.416 e. The lowest BCUT2D eigenvalue weighted by atomic mass is 9.91. The topological polar surface area (TPSA) is 0 Å². The molecule has 176 valence electrons. The molecule has 0 aliphatic rings. The molecule has 0 bridgehead atoms. The first kappa shape index (κ1) is 23.9. The molecule has 0 fully saturated rings. The van der Waals surface area contributed by atoms with Crippen molar-refractivity contribution in [3.8, 4) is 11.1 Å². The molecule has 0 amide bonds. The van der Waals surface area contributed by atoms with E-state index in [0.717, 1.165) is 49.9 Å². The van der Waals surface area contributed by atoms with E-state index >= 15 is 0 Å². The second-order valence-corrected chi connectivity index (χ2v) is 8.72. The maximum absolute atomic E-state index is 14.8. The lowest BCUT2D eigenvalue weighted by molar-refractivity contribution is -0.137. The summed E-state index contributed by atoms with van der Waals surface area (Å²) < 4.78 is 67.9. The number of unbranched alkanes of at least 4 members (excludes halogenated alkanes) is 1. The maximum atomic E-state index is 14.8. The molecule has 0 nitrogen and oxygen atoms in total. The fourth-order valence-electron chi connectivity index (χ4n) is 4.42. The van der Waals surface area contributed by atoms with E-state index in [2.05, 4.69) is 30.3 Å². The van der Waals surface area contributed by atoms with Crippen LogP contribution in [0.3, 0.4) is 0 Å². The van der Waals surface area contributed by atoms with Crippen LogP contribution in [0, 0.1) is 11.6 Å². The van der Waals surface area contributed by atoms with E-state index in [9.17, 15) is 22.0 Å². The zero-order valence-electron chi connectivity index (χ0n) is 18.8. The van der Waals surface area contributed by atoms with Gasteiger partial charge in [-0.2, -0.15) is 13.2 Å². The van der Waals surface area contributed by atoms with Gasteiger partial charge >= 0.3 is 6.18 Å². The lowest BCUT2D eigenvalue weighted by Crippen LogP contribution is -2.04. The third-order valence-electron chi connectivity index (χ3n) is 6.35. The first-order chi connectivity index (χ1) is 16.2. The van der Waals surface area contributed by atoms with E-state index in [1.54, 1.807) is 0 Å². The molecule has 0 radical (unpaired) electrons. The van der Waals surface area contributed by atoms with Crippen LogP contribution in [0.5, 0.6) is 0 Å². The Labute approximate surface area is 196 Å². The smallest absolute Gasteiger partial charge is 0.206 e. The van der Waals surface area contributed by atoms with Gasteiger partial charge in [0.05, 0.1) is 11.1 Å². The summed E-state index contributed by atoms with van der Waals surface area (Å²) in [5, 5.41) is 2.47. The Bertz CT molecular complexity index is 1240. The highest BCUT2D eigenvalue weighted by molar-refractivity contribution is 5.85. The van der Waals surface area contributed by atoms with Gasteiger partial charge in [-0.1, -0.05) is 67.9 Å². The SMILES string of the molecule is CC(CCCCc1cccc2ccccc12)c1cc(F)c(-c2ccc(C(F)(F)F)cc2)c(F)c1. The van der Waals surface area contributed by atoms with Gasteiger partial charge < -0.3 is 0 Å². The van der Waals surface area contributed by atoms with Crippen molar-refractivity contribution in [3.63, 3.8) is 0 Å². The Morgan fingerprint density at radius 2 is 1.41 bits per heavy atom. The molecule has 34 heavy (non-hydrogen) atoms. The summed E-state index contributed by atoms with van der Waals surface area (Å²) >= 11 is 0. The molecule has 1 atom stereocenters. The molecule has 1 unspecified atom stereocenters. The Kier molecular flexibility index (Phi) is 7.01. The number of hydrogen-bond acceptors (Lipinski definition) is 0. The zero-order valence-corrected chi connectivity index (χ0v) is 18.8. The van der Waals surface area contributed by atoms with Crippen LogP contribution >= 0.6 is 0 Å². The monoisotopic (exact) mass is 468 g/mol. The molecular formula is C29H25F5. The van der Waals surface area contributed by atoms with Crippen molar-refractivity contribution in [2.75, 3.05) is 0 Å². The molecule has 0 aliphatic carbocycles. The van der Waals surface area contributed by atoms with Gasteiger partial charge in [-0.25, -0.2) is 8.78 Å². The molecule has 4 rings (SSSR count). The van der Waals surface area contributed by atoms with E-state index in [1.165, 1.54) is 28.5 Å². The predicted octanol–water partition coefficient (Wildman–Crippen LogP) is 9.32. The fraction of sp³-hybridized carbons (Fsp3) is 0.241. The molecule has 5 heteroatoms. The molecule has 0 aromatic heterocycles. The van der Waals surface area contributed by atoms with Crippen molar-refractivity contribution >= 4 is 10.8 Å². The van der Waals surface area contributed by atoms with Gasteiger partial charge in [-0.05, 0) is 76.9 Å². The van der Waals surface area contributed by atoms with Gasteiger partial charge in [0.2, 0.25) is 0 Å². The lowest BCUT2D eigenvalue weighted by Gasteiger charge is -2.15. The number of aryl methyl sites for hydroxylation is 1. The molecule has 4 aromatic rings. The molecule has 0 N–H and O–H groups in total. The van der Waals surface area contributed by atoms with Crippen LogP contribution in [-0.2, 0) is 12.6 Å². The van der Waals surface area contributed by atoms with Gasteiger partial charge in [0.15, 0.2) is 0 Å². The normalized spacial score (nSPS) is 12.8. The van der Waals surface area contributed by atoms with Crippen LogP contribution in [0.4, 0.5) is 22.0 Å². The van der Waals surface area contributed by atoms with Crippen molar-refractivity contribution in [2.24, 2.45) is 0 Å². The average Bonchev–Trinajstić information content (AvgIpc) is 2.81. The van der Waals surface area contributed by atoms with E-state index in [0.29, 0.717) is 5.56 Å². The summed E-state index contributed by atoms with van der Waals surface area (Å²) in [6.45, 7) is 1.93. The van der Waals surface area contributed by atoms with Crippen LogP contribution in [0.25, 0.3) is 21.9 Å². The van der Waals surface area contributed by atoms with E-state index in [1.807, 2.05) is 19.1 Å². The summed E-state index contributed by atoms with van der Waals surface area (Å²) in [5.74, 6) is -1.58. The Balaban J connectivity index is 1.40. The minimum Gasteiger partial charge on any atom is -0.206 e. The number of rotatable bonds is 7. The summed E-state index contributed by atoms with van der Waals surface area (Å²) in [6, 6.07) is 21.0. The van der Waals surface area contributed by atoms with Gasteiger partial charge in [-0.15, -0.1) is 0 Å². The zero-order chi connectivity index (χ0) is 24.3. The third kappa shape index (κ3) is 5.30. The molecular weight excluding hydrogens is 443 g/mol. The number of halogens is 5. The van der Waals surface area contributed by atoms with Crippen molar-refractivity contribution in [2.45, 2.75) is 44.7 Å². The Morgan fingerprint density at radius 1 is 0.765 bits per heavy atom. The highest BCUT2D eigenvalue weighted by atomic mass is 19.4. The quantitative estimate of drug-likeness (QED) is 0.187. The first-order valence-electron chi connectivity index (χ1n) is 11.4. The summed E-state index contributed by atoms with van der Waals surface area (Å²) in [5.41, 5.74) is 0.767. The van der Waals surface area contributed by atoms with Crippen LogP contribution in [0.1, 0.15) is 48.8 Å². The standard InChI is InChI=1S/C29H25F5/c1-19(7-2-3-8-20-10-6-11-21-9-4-5-12-25(20)21)23-17-26(30)28(27(31)18-23)22-13-15-24(16-14-22)29(32,33)34/h4-6,9-19H,2-3,7-8H2,1H3. The van der Waals surface area contributed by atoms with Crippen molar-refractivity contribution in [3.05, 3.63) is 107 Å². The first-order valence-corrected chi connectivity index (χ1v) is 11.4. The Hall–Kier alpha value is -3.21. The van der Waals surface area contributed by atoms with E-state index < -0.39 is 23.4 Å². The Morgan fingerprint density at radius 3 is 2.09 bits per heavy atom. The summed E-state index contributed by atoms with van der Waals surface area (Å²) in [6.07, 6.45) is -0.906. The highest BCUT2D eigenvalue weighted by Gasteiger charge is 2.30. The fourth-order valence-corrected chi connectivity index (χ4v) is 4.42. The second kappa shape index (κ2) is 9.96. The van der Waals surface area contributed by atoms with Gasteiger partial charge in [-0.3, -0.25) is 0 Å². The summed E-state index contributed by atoms with van der Waals surface area (Å²) in [4.78, 5) is 0. The number of benzene rings is 4. The molecule has 4 aromatic carbocycles. The average molecular weight is 469 g/mol. The number of alkyl halides is 3. The third-order valence-corrected chi connectivity index (χ3v) is 6.35. The predicted molar refractivity (Wildman–Crippen MR) is 127 cm³/mol. The van der Waals surface area contributed by atoms with E-state index in [4.69, 9.17) is 0 Å². The van der Waals surface area contributed by atoms with Crippen LogP contribution < -0.4 is 0 Å². The van der Waals surface area contributed by atoms with Gasteiger partial charge in [0.1, 0.15) is 11.6 Å². The second-order valence-electron chi connectivity index (χ2n) is 8.72.